The number of hydrogen-bond donors (Lipinski definition) is 1. The van der Waals surface area contributed by atoms with E-state index in [1.165, 1.54) is 11.2 Å². The molecule has 0 aliphatic carbocycles. The van der Waals surface area contributed by atoms with Gasteiger partial charge in [0, 0.05) is 24.2 Å². The minimum Gasteiger partial charge on any atom is -0.507 e. The molecular weight excluding hydrogens is 408 g/mol. The Morgan fingerprint density at radius 3 is 2.50 bits per heavy atom. The van der Waals surface area contributed by atoms with E-state index in [1.54, 1.807) is 24.3 Å². The summed E-state index contributed by atoms with van der Waals surface area (Å²) in [6.07, 6.45) is 1.50. The maximum atomic E-state index is 13.0. The van der Waals surface area contributed by atoms with Crippen molar-refractivity contribution in [2.24, 2.45) is 0 Å². The van der Waals surface area contributed by atoms with E-state index in [4.69, 9.17) is 9.15 Å². The van der Waals surface area contributed by atoms with E-state index in [-0.39, 0.29) is 16.7 Å². The number of aliphatic hydroxyl groups is 1. The van der Waals surface area contributed by atoms with E-state index < -0.39 is 17.7 Å². The van der Waals surface area contributed by atoms with Crippen molar-refractivity contribution in [2.45, 2.75) is 39.2 Å². The number of benzene rings is 1. The van der Waals surface area contributed by atoms with Crippen molar-refractivity contribution >= 4 is 17.4 Å². The predicted molar refractivity (Wildman–Crippen MR) is 123 cm³/mol. The molecule has 3 rings (SSSR count). The molecule has 1 aromatic carbocycles. The summed E-state index contributed by atoms with van der Waals surface area (Å²) in [4.78, 5) is 29.3. The number of hydrogen-bond acceptors (Lipinski definition) is 6. The highest BCUT2D eigenvalue weighted by atomic mass is 16.5. The van der Waals surface area contributed by atoms with Gasteiger partial charge in [-0.15, -0.1) is 0 Å². The average molecular weight is 441 g/mol. The Hall–Kier alpha value is -3.06. The van der Waals surface area contributed by atoms with Crippen LogP contribution < -0.4 is 4.74 Å². The Kier molecular flexibility index (Phi) is 6.79. The van der Waals surface area contributed by atoms with Gasteiger partial charge in [-0.2, -0.15) is 0 Å². The lowest BCUT2D eigenvalue weighted by molar-refractivity contribution is -0.140. The summed E-state index contributed by atoms with van der Waals surface area (Å²) in [5, 5.41) is 11.3. The molecule has 1 atom stereocenters. The first kappa shape index (κ1) is 23.6. The van der Waals surface area contributed by atoms with Gasteiger partial charge in [-0.3, -0.25) is 9.59 Å². The third-order valence-electron chi connectivity index (χ3n) is 5.50. The highest BCUT2D eigenvalue weighted by Crippen LogP contribution is 2.41. The zero-order valence-electron chi connectivity index (χ0n) is 19.6. The van der Waals surface area contributed by atoms with E-state index in [9.17, 15) is 14.7 Å². The Bertz CT molecular complexity index is 1020. The van der Waals surface area contributed by atoms with E-state index in [0.29, 0.717) is 31.0 Å². The summed E-state index contributed by atoms with van der Waals surface area (Å²) in [6, 6.07) is 7.97. The van der Waals surface area contributed by atoms with E-state index >= 15 is 0 Å². The summed E-state index contributed by atoms with van der Waals surface area (Å²) in [6.45, 7) is 9.49. The number of nitrogens with zero attached hydrogens (tertiary/aromatic N) is 2. The van der Waals surface area contributed by atoms with E-state index in [0.717, 1.165) is 11.3 Å². The first-order valence-electron chi connectivity index (χ1n) is 10.8. The lowest BCUT2D eigenvalue weighted by atomic mass is 9.84. The molecule has 1 aromatic heterocycles. The van der Waals surface area contributed by atoms with E-state index in [2.05, 4.69) is 20.8 Å². The smallest absolute Gasteiger partial charge is 0.295 e. The summed E-state index contributed by atoms with van der Waals surface area (Å²) in [5.74, 6) is -0.409. The van der Waals surface area contributed by atoms with Gasteiger partial charge in [0.25, 0.3) is 11.7 Å². The molecule has 0 spiro atoms. The molecular formula is C25H32N2O5. The van der Waals surface area contributed by atoms with Crippen molar-refractivity contribution in [2.75, 3.05) is 33.8 Å². The van der Waals surface area contributed by atoms with Gasteiger partial charge >= 0.3 is 0 Å². The van der Waals surface area contributed by atoms with Crippen LogP contribution in [0.15, 0.2) is 46.6 Å². The zero-order valence-corrected chi connectivity index (χ0v) is 19.6. The molecule has 7 nitrogen and oxygen atoms in total. The molecule has 2 aromatic rings. The molecule has 1 aliphatic rings. The van der Waals surface area contributed by atoms with Crippen LogP contribution in [0, 0.1) is 0 Å². The number of carbonyl (C=O) groups is 2. The SMILES string of the molecule is CCOc1ccc(/C(O)=C2/C(=O)C(=O)N(CCN(C)C)C2c2ccco2)cc1C(C)(C)C. The minimum absolute atomic E-state index is 0.0349. The van der Waals surface area contributed by atoms with Gasteiger partial charge < -0.3 is 24.1 Å². The molecule has 32 heavy (non-hydrogen) atoms. The van der Waals surface area contributed by atoms with E-state index in [1.807, 2.05) is 32.0 Å². The average Bonchev–Trinajstić information content (AvgIpc) is 3.33. The van der Waals surface area contributed by atoms with Gasteiger partial charge in [0.15, 0.2) is 0 Å². The molecule has 1 saturated heterocycles. The van der Waals surface area contributed by atoms with Crippen molar-refractivity contribution in [1.29, 1.82) is 0 Å². The third kappa shape index (κ3) is 4.58. The number of Topliss-reactive ketones (excluding diaryl/α,β-unsaturated/α-hetero) is 1. The van der Waals surface area contributed by atoms with Gasteiger partial charge in [-0.05, 0) is 56.8 Å². The fraction of sp³-hybridized carbons (Fsp3) is 0.440. The summed E-state index contributed by atoms with van der Waals surface area (Å²) in [5.41, 5.74) is 1.15. The number of likely N-dealkylation sites (tertiary alicyclic amines) is 1. The maximum Gasteiger partial charge on any atom is 0.295 e. The maximum absolute atomic E-state index is 13.0. The number of amides is 1. The van der Waals surface area contributed by atoms with Crippen LogP contribution >= 0.6 is 0 Å². The number of aliphatic hydroxyl groups excluding tert-OH is 1. The molecule has 0 radical (unpaired) electrons. The third-order valence-corrected chi connectivity index (χ3v) is 5.50. The lowest BCUT2D eigenvalue weighted by Crippen LogP contribution is -2.35. The van der Waals surface area contributed by atoms with Crippen molar-refractivity contribution in [1.82, 2.24) is 9.80 Å². The normalized spacial score (nSPS) is 18.6. The van der Waals surface area contributed by atoms with Crippen molar-refractivity contribution < 1.29 is 23.8 Å². The first-order chi connectivity index (χ1) is 15.1. The fourth-order valence-corrected chi connectivity index (χ4v) is 3.86. The number of rotatable bonds is 7. The second-order valence-corrected chi connectivity index (χ2v) is 9.21. The second kappa shape index (κ2) is 9.20. The van der Waals surface area contributed by atoms with Crippen LogP contribution in [0.3, 0.4) is 0 Å². The fourth-order valence-electron chi connectivity index (χ4n) is 3.86. The van der Waals surface area contributed by atoms with Gasteiger partial charge in [0.1, 0.15) is 23.3 Å². The number of carbonyl (C=O) groups excluding carboxylic acids is 2. The van der Waals surface area contributed by atoms with Crippen molar-refractivity contribution in [3.63, 3.8) is 0 Å². The van der Waals surface area contributed by atoms with Crippen LogP contribution in [0.25, 0.3) is 5.76 Å². The Balaban J connectivity index is 2.15. The molecule has 1 unspecified atom stereocenters. The van der Waals surface area contributed by atoms with Crippen LogP contribution in [0.1, 0.15) is 50.6 Å². The summed E-state index contributed by atoms with van der Waals surface area (Å²) < 4.78 is 11.3. The molecule has 1 fully saturated rings. The molecule has 1 N–H and O–H groups in total. The predicted octanol–water partition coefficient (Wildman–Crippen LogP) is 3.96. The highest BCUT2D eigenvalue weighted by Gasteiger charge is 2.47. The first-order valence-corrected chi connectivity index (χ1v) is 10.8. The number of furan rings is 1. The molecule has 7 heteroatoms. The summed E-state index contributed by atoms with van der Waals surface area (Å²) >= 11 is 0. The van der Waals surface area contributed by atoms with Crippen molar-refractivity contribution in [3.05, 3.63) is 59.1 Å². The van der Waals surface area contributed by atoms with Crippen LogP contribution in [0.2, 0.25) is 0 Å². The molecule has 1 aliphatic heterocycles. The van der Waals surface area contributed by atoms with Crippen LogP contribution in [0.5, 0.6) is 5.75 Å². The van der Waals surface area contributed by atoms with Crippen LogP contribution in [-0.2, 0) is 15.0 Å². The van der Waals surface area contributed by atoms with Crippen LogP contribution in [0.4, 0.5) is 0 Å². The Morgan fingerprint density at radius 2 is 1.94 bits per heavy atom. The topological polar surface area (TPSA) is 83.2 Å². The number of ketones is 1. The quantitative estimate of drug-likeness (QED) is 0.399. The minimum atomic E-state index is -0.783. The Labute approximate surface area is 189 Å². The Morgan fingerprint density at radius 1 is 1.22 bits per heavy atom. The van der Waals surface area contributed by atoms with Gasteiger partial charge in [-0.25, -0.2) is 0 Å². The zero-order chi connectivity index (χ0) is 23.6. The number of ether oxygens (including phenoxy) is 1. The number of likely N-dealkylation sites (N-methyl/N-ethyl adjacent to an activating group) is 1. The molecule has 172 valence electrons. The van der Waals surface area contributed by atoms with Crippen molar-refractivity contribution in [3.8, 4) is 5.75 Å². The lowest BCUT2D eigenvalue weighted by Gasteiger charge is -2.25. The molecule has 0 bridgehead atoms. The second-order valence-electron chi connectivity index (χ2n) is 9.21. The highest BCUT2D eigenvalue weighted by molar-refractivity contribution is 6.46. The standard InChI is InChI=1S/C25H32N2O5/c1-7-31-18-11-10-16(15-17(18)25(2,3)4)22(28)20-21(19-9-8-14-32-19)27(13-12-26(5)6)24(30)23(20)29/h8-11,14-15,21,28H,7,12-13H2,1-6H3/b22-20-. The van der Waals surface area contributed by atoms with Gasteiger partial charge in [-0.1, -0.05) is 20.8 Å². The molecule has 0 saturated carbocycles. The van der Waals surface area contributed by atoms with Gasteiger partial charge in [0.2, 0.25) is 0 Å². The molecule has 1 amide bonds. The monoisotopic (exact) mass is 440 g/mol. The largest absolute Gasteiger partial charge is 0.507 e. The molecule has 2 heterocycles. The van der Waals surface area contributed by atoms with Gasteiger partial charge in [0.05, 0.1) is 18.4 Å². The summed E-state index contributed by atoms with van der Waals surface area (Å²) in [7, 11) is 3.79. The van der Waals surface area contributed by atoms with Crippen LogP contribution in [-0.4, -0.2) is 60.4 Å².